The van der Waals surface area contributed by atoms with E-state index < -0.39 is 23.0 Å². The van der Waals surface area contributed by atoms with Gasteiger partial charge in [0.05, 0.1) is 24.1 Å². The predicted octanol–water partition coefficient (Wildman–Crippen LogP) is 4.04. The number of aliphatic carboxylic acids is 1. The van der Waals surface area contributed by atoms with Crippen molar-refractivity contribution < 1.29 is 23.8 Å². The molecular formula is C21H24FNO4. The topological polar surface area (TPSA) is 68.7 Å². The number of carboxylic acid groups (broad SMARTS) is 1. The summed E-state index contributed by atoms with van der Waals surface area (Å²) in [6.07, 6.45) is 3.33. The third-order valence-corrected chi connectivity index (χ3v) is 5.95. The molecule has 0 atom stereocenters. The van der Waals surface area contributed by atoms with E-state index in [4.69, 9.17) is 9.47 Å². The molecule has 0 unspecified atom stereocenters. The van der Waals surface area contributed by atoms with Gasteiger partial charge in [-0.05, 0) is 42.7 Å². The van der Waals surface area contributed by atoms with Crippen LogP contribution in [0.2, 0.25) is 0 Å². The molecule has 0 amide bonds. The lowest BCUT2D eigenvalue weighted by atomic mass is 9.66. The van der Waals surface area contributed by atoms with Crippen LogP contribution < -0.4 is 0 Å². The van der Waals surface area contributed by atoms with Crippen LogP contribution in [0.3, 0.4) is 0 Å². The van der Waals surface area contributed by atoms with Gasteiger partial charge in [0.25, 0.3) is 0 Å². The second kappa shape index (κ2) is 6.24. The Balaban J connectivity index is 1.69. The number of ether oxygens (including phenoxy) is 2. The first-order valence-corrected chi connectivity index (χ1v) is 9.32. The maximum atomic E-state index is 13.9. The second-order valence-corrected chi connectivity index (χ2v) is 8.56. The third kappa shape index (κ3) is 3.11. The van der Waals surface area contributed by atoms with Crippen molar-refractivity contribution in [3.05, 3.63) is 41.8 Å². The minimum atomic E-state index is -1.10. The number of pyridine rings is 1. The average Bonchev–Trinajstić information content (AvgIpc) is 2.65. The maximum Gasteiger partial charge on any atom is 0.314 e. The van der Waals surface area contributed by atoms with Gasteiger partial charge in [-0.3, -0.25) is 9.78 Å². The number of halogens is 1. The number of carbonyl (C=O) groups is 1. The number of aromatic nitrogens is 1. The van der Waals surface area contributed by atoms with Gasteiger partial charge < -0.3 is 14.6 Å². The first-order chi connectivity index (χ1) is 12.8. The molecule has 2 fully saturated rings. The van der Waals surface area contributed by atoms with E-state index >= 15 is 0 Å². The summed E-state index contributed by atoms with van der Waals surface area (Å²) in [6, 6.07) is 6.01. The van der Waals surface area contributed by atoms with Crippen molar-refractivity contribution in [2.75, 3.05) is 13.2 Å². The lowest BCUT2D eigenvalue weighted by molar-refractivity contribution is -0.313. The van der Waals surface area contributed by atoms with Crippen molar-refractivity contribution in [1.82, 2.24) is 4.98 Å². The van der Waals surface area contributed by atoms with Crippen molar-refractivity contribution in [3.8, 4) is 0 Å². The second-order valence-electron chi connectivity index (χ2n) is 8.56. The molecule has 5 nitrogen and oxygen atoms in total. The highest BCUT2D eigenvalue weighted by Crippen LogP contribution is 2.49. The first kappa shape index (κ1) is 18.3. The summed E-state index contributed by atoms with van der Waals surface area (Å²) in [4.78, 5) is 16.6. The molecule has 1 aromatic heterocycles. The molecule has 1 saturated carbocycles. The largest absolute Gasteiger partial charge is 0.481 e. The fourth-order valence-electron chi connectivity index (χ4n) is 4.22. The van der Waals surface area contributed by atoms with Gasteiger partial charge in [0.15, 0.2) is 5.79 Å². The smallest absolute Gasteiger partial charge is 0.314 e. The predicted molar refractivity (Wildman–Crippen MR) is 97.9 cm³/mol. The molecular weight excluding hydrogens is 349 g/mol. The SMILES string of the molecule is CC1(C)COC2(CCC(C(=O)O)(c3ccnc4ccc(F)cc34)CC2)OC1. The Morgan fingerprint density at radius 1 is 1.11 bits per heavy atom. The Morgan fingerprint density at radius 2 is 1.78 bits per heavy atom. The van der Waals surface area contributed by atoms with Gasteiger partial charge >= 0.3 is 5.97 Å². The molecule has 2 aliphatic rings. The summed E-state index contributed by atoms with van der Waals surface area (Å²) in [5, 5.41) is 10.7. The van der Waals surface area contributed by atoms with Crippen LogP contribution in [0, 0.1) is 11.2 Å². The summed E-state index contributed by atoms with van der Waals surface area (Å²) in [7, 11) is 0. The average molecular weight is 373 g/mol. The molecule has 0 bridgehead atoms. The summed E-state index contributed by atoms with van der Waals surface area (Å²) < 4.78 is 26.0. The van der Waals surface area contributed by atoms with E-state index in [-0.39, 0.29) is 5.41 Å². The van der Waals surface area contributed by atoms with Gasteiger partial charge in [0.1, 0.15) is 5.82 Å². The Morgan fingerprint density at radius 3 is 2.41 bits per heavy atom. The van der Waals surface area contributed by atoms with E-state index in [1.165, 1.54) is 12.1 Å². The highest BCUT2D eigenvalue weighted by atomic mass is 19.1. The van der Waals surface area contributed by atoms with Gasteiger partial charge in [0, 0.05) is 29.8 Å². The quantitative estimate of drug-likeness (QED) is 0.860. The van der Waals surface area contributed by atoms with E-state index in [1.54, 1.807) is 18.3 Å². The number of hydrogen-bond acceptors (Lipinski definition) is 4. The zero-order valence-electron chi connectivity index (χ0n) is 15.6. The van der Waals surface area contributed by atoms with Gasteiger partial charge in [0.2, 0.25) is 0 Å². The summed E-state index contributed by atoms with van der Waals surface area (Å²) >= 11 is 0. The van der Waals surface area contributed by atoms with Crippen LogP contribution in [0.25, 0.3) is 10.9 Å². The molecule has 4 rings (SSSR count). The summed E-state index contributed by atoms with van der Waals surface area (Å²) in [6.45, 7) is 5.36. The normalized spacial score (nSPS) is 23.4. The number of rotatable bonds is 2. The minimum absolute atomic E-state index is 0.0363. The Labute approximate surface area is 157 Å². The zero-order chi connectivity index (χ0) is 19.3. The Kier molecular flexibility index (Phi) is 4.24. The number of benzene rings is 1. The van der Waals surface area contributed by atoms with Gasteiger partial charge in [-0.25, -0.2) is 4.39 Å². The van der Waals surface area contributed by atoms with E-state index in [0.717, 1.165) is 0 Å². The zero-order valence-corrected chi connectivity index (χ0v) is 15.6. The number of nitrogens with zero attached hydrogens (tertiary/aromatic N) is 1. The van der Waals surface area contributed by atoms with E-state index in [1.807, 2.05) is 0 Å². The summed E-state index contributed by atoms with van der Waals surface area (Å²) in [5.41, 5.74) is 0.0814. The summed E-state index contributed by atoms with van der Waals surface area (Å²) in [5.74, 6) is -2.00. The molecule has 1 spiro atoms. The number of carboxylic acids is 1. The van der Waals surface area contributed by atoms with E-state index in [2.05, 4.69) is 18.8 Å². The van der Waals surface area contributed by atoms with Gasteiger partial charge in [-0.2, -0.15) is 0 Å². The van der Waals surface area contributed by atoms with Crippen molar-refractivity contribution in [2.24, 2.45) is 5.41 Å². The third-order valence-electron chi connectivity index (χ3n) is 5.95. The lowest BCUT2D eigenvalue weighted by Crippen LogP contribution is -2.53. The van der Waals surface area contributed by atoms with Crippen LogP contribution >= 0.6 is 0 Å². The molecule has 6 heteroatoms. The molecule has 0 radical (unpaired) electrons. The number of fused-ring (bicyclic) bond motifs is 1. The van der Waals surface area contributed by atoms with Crippen molar-refractivity contribution in [1.29, 1.82) is 0 Å². The fourth-order valence-corrected chi connectivity index (χ4v) is 4.22. The Hall–Kier alpha value is -2.05. The van der Waals surface area contributed by atoms with Crippen molar-refractivity contribution in [2.45, 2.75) is 50.7 Å². The highest BCUT2D eigenvalue weighted by Gasteiger charge is 2.52. The molecule has 144 valence electrons. The monoisotopic (exact) mass is 373 g/mol. The van der Waals surface area contributed by atoms with Crippen LogP contribution in [0.4, 0.5) is 4.39 Å². The standard InChI is InChI=1S/C21H24FNO4/c1-19(2)12-26-21(27-13-19)8-6-20(7-9-21,18(24)25)16-5-10-23-17-4-3-14(22)11-15(16)17/h3-5,10-11H,6-9,12-13H2,1-2H3,(H,24,25). The molecule has 1 aliphatic carbocycles. The van der Waals surface area contributed by atoms with Crippen LogP contribution in [-0.2, 0) is 19.7 Å². The lowest BCUT2D eigenvalue weighted by Gasteiger charge is -2.49. The molecule has 2 aromatic rings. The molecule has 1 aliphatic heterocycles. The Bertz CT molecular complexity index is 875. The molecule has 1 saturated heterocycles. The minimum Gasteiger partial charge on any atom is -0.481 e. The van der Waals surface area contributed by atoms with Gasteiger partial charge in [-0.1, -0.05) is 13.8 Å². The fraction of sp³-hybridized carbons (Fsp3) is 0.524. The van der Waals surface area contributed by atoms with E-state index in [0.29, 0.717) is 55.4 Å². The molecule has 1 N–H and O–H groups in total. The van der Waals surface area contributed by atoms with Crippen LogP contribution in [0.15, 0.2) is 30.5 Å². The molecule has 1 aromatic carbocycles. The van der Waals surface area contributed by atoms with Crippen molar-refractivity contribution >= 4 is 16.9 Å². The van der Waals surface area contributed by atoms with Crippen molar-refractivity contribution in [3.63, 3.8) is 0 Å². The van der Waals surface area contributed by atoms with Crippen LogP contribution in [-0.4, -0.2) is 35.1 Å². The molecule has 27 heavy (non-hydrogen) atoms. The highest BCUT2D eigenvalue weighted by molar-refractivity contribution is 5.91. The van der Waals surface area contributed by atoms with Gasteiger partial charge in [-0.15, -0.1) is 0 Å². The first-order valence-electron chi connectivity index (χ1n) is 9.32. The van der Waals surface area contributed by atoms with Crippen LogP contribution in [0.5, 0.6) is 0 Å². The molecule has 2 heterocycles. The number of hydrogen-bond donors (Lipinski definition) is 1. The maximum absolute atomic E-state index is 13.9. The van der Waals surface area contributed by atoms with Crippen LogP contribution in [0.1, 0.15) is 45.1 Å². The van der Waals surface area contributed by atoms with E-state index in [9.17, 15) is 14.3 Å².